The van der Waals surface area contributed by atoms with Crippen molar-refractivity contribution in [1.29, 1.82) is 0 Å². The lowest BCUT2D eigenvalue weighted by Crippen LogP contribution is -2.10. The van der Waals surface area contributed by atoms with Gasteiger partial charge in [0.05, 0.1) is 6.42 Å². The van der Waals surface area contributed by atoms with E-state index >= 15 is 0 Å². The van der Waals surface area contributed by atoms with Crippen LogP contribution in [0.1, 0.15) is 30.1 Å². The van der Waals surface area contributed by atoms with Crippen LogP contribution in [0, 0.1) is 11.8 Å². The molecule has 1 aliphatic rings. The second-order valence-electron chi connectivity index (χ2n) is 4.25. The van der Waals surface area contributed by atoms with E-state index in [1.807, 2.05) is 18.2 Å². The molecule has 2 rings (SSSR count). The Bertz CT molecular complexity index is 381. The van der Waals surface area contributed by atoms with E-state index in [0.29, 0.717) is 11.5 Å². The van der Waals surface area contributed by atoms with Gasteiger partial charge in [-0.25, -0.2) is 0 Å². The van der Waals surface area contributed by atoms with Gasteiger partial charge in [-0.2, -0.15) is 0 Å². The average Bonchev–Trinajstić information content (AvgIpc) is 2.97. The smallest absolute Gasteiger partial charge is 0.170 e. The summed E-state index contributed by atoms with van der Waals surface area (Å²) in [6.07, 6.45) is 1.03. The van der Waals surface area contributed by atoms with E-state index in [2.05, 4.69) is 6.92 Å². The summed E-state index contributed by atoms with van der Waals surface area (Å²) in [5.74, 6) is 0.690. The third-order valence-electron chi connectivity index (χ3n) is 2.95. The third-order valence-corrected chi connectivity index (χ3v) is 2.95. The molecule has 0 spiro atoms. The third kappa shape index (κ3) is 2.32. The molecule has 1 aliphatic carbocycles. The highest BCUT2D eigenvalue weighted by atomic mass is 16.1. The maximum absolute atomic E-state index is 11.7. The Morgan fingerprint density at radius 2 is 1.87 bits per heavy atom. The SMILES string of the molecule is CC1CC1C(=O)CC(=O)c1ccccc1. The minimum Gasteiger partial charge on any atom is -0.299 e. The first-order valence-electron chi connectivity index (χ1n) is 5.29. The Labute approximate surface area is 89.3 Å². The van der Waals surface area contributed by atoms with Crippen molar-refractivity contribution in [3.8, 4) is 0 Å². The molecule has 0 aromatic heterocycles. The van der Waals surface area contributed by atoms with Crippen LogP contribution >= 0.6 is 0 Å². The van der Waals surface area contributed by atoms with Crippen molar-refractivity contribution >= 4 is 11.6 Å². The topological polar surface area (TPSA) is 34.1 Å². The van der Waals surface area contributed by atoms with E-state index < -0.39 is 0 Å². The lowest BCUT2D eigenvalue weighted by Gasteiger charge is -1.99. The molecule has 0 N–H and O–H groups in total. The number of hydrogen-bond acceptors (Lipinski definition) is 2. The predicted molar refractivity (Wildman–Crippen MR) is 57.7 cm³/mol. The number of ketones is 2. The molecule has 2 unspecified atom stereocenters. The number of rotatable bonds is 4. The van der Waals surface area contributed by atoms with E-state index in [9.17, 15) is 9.59 Å². The summed E-state index contributed by atoms with van der Waals surface area (Å²) >= 11 is 0. The molecule has 0 amide bonds. The first-order chi connectivity index (χ1) is 7.18. The van der Waals surface area contributed by atoms with Crippen LogP contribution in [0.25, 0.3) is 0 Å². The summed E-state index contributed by atoms with van der Waals surface area (Å²) in [6, 6.07) is 9.01. The Hall–Kier alpha value is -1.44. The van der Waals surface area contributed by atoms with Crippen LogP contribution in [-0.4, -0.2) is 11.6 Å². The second kappa shape index (κ2) is 3.97. The first kappa shape index (κ1) is 10.1. The molecule has 15 heavy (non-hydrogen) atoms. The molecule has 2 atom stereocenters. The van der Waals surface area contributed by atoms with Gasteiger partial charge in [0.2, 0.25) is 0 Å². The number of Topliss-reactive ketones (excluding diaryl/α,β-unsaturated/α-hetero) is 2. The lowest BCUT2D eigenvalue weighted by atomic mass is 10.0. The Balaban J connectivity index is 1.96. The van der Waals surface area contributed by atoms with E-state index in [1.54, 1.807) is 12.1 Å². The summed E-state index contributed by atoms with van der Waals surface area (Å²) in [7, 11) is 0. The molecule has 0 saturated heterocycles. The van der Waals surface area contributed by atoms with Gasteiger partial charge in [0.25, 0.3) is 0 Å². The van der Waals surface area contributed by atoms with E-state index in [0.717, 1.165) is 6.42 Å². The zero-order valence-electron chi connectivity index (χ0n) is 8.77. The van der Waals surface area contributed by atoms with Crippen molar-refractivity contribution in [1.82, 2.24) is 0 Å². The quantitative estimate of drug-likeness (QED) is 0.555. The van der Waals surface area contributed by atoms with Crippen molar-refractivity contribution in [2.24, 2.45) is 11.8 Å². The van der Waals surface area contributed by atoms with Gasteiger partial charge < -0.3 is 0 Å². The maximum atomic E-state index is 11.7. The van der Waals surface area contributed by atoms with Gasteiger partial charge in [-0.1, -0.05) is 37.3 Å². The molecule has 0 aliphatic heterocycles. The molecule has 0 heterocycles. The summed E-state index contributed by atoms with van der Waals surface area (Å²) in [4.78, 5) is 23.3. The molecular formula is C13H14O2. The number of carbonyl (C=O) groups is 2. The van der Waals surface area contributed by atoms with Crippen molar-refractivity contribution in [3.63, 3.8) is 0 Å². The fourth-order valence-corrected chi connectivity index (χ4v) is 1.79. The van der Waals surface area contributed by atoms with Crippen LogP contribution in [0.3, 0.4) is 0 Å². The van der Waals surface area contributed by atoms with Crippen molar-refractivity contribution in [2.75, 3.05) is 0 Å². The molecular weight excluding hydrogens is 188 g/mol. The fraction of sp³-hybridized carbons (Fsp3) is 0.385. The van der Waals surface area contributed by atoms with Gasteiger partial charge in [-0.05, 0) is 12.3 Å². The molecule has 1 fully saturated rings. The molecule has 0 radical (unpaired) electrons. The standard InChI is InChI=1S/C13H14O2/c1-9-7-11(9)13(15)8-12(14)10-5-3-2-4-6-10/h2-6,9,11H,7-8H2,1H3. The monoisotopic (exact) mass is 202 g/mol. The van der Waals surface area contributed by atoms with Gasteiger partial charge in [-0.15, -0.1) is 0 Å². The second-order valence-corrected chi connectivity index (χ2v) is 4.25. The predicted octanol–water partition coefficient (Wildman–Crippen LogP) is 2.48. The Morgan fingerprint density at radius 3 is 2.40 bits per heavy atom. The van der Waals surface area contributed by atoms with Crippen molar-refractivity contribution in [2.45, 2.75) is 19.8 Å². The van der Waals surface area contributed by atoms with Gasteiger partial charge in [-0.3, -0.25) is 9.59 Å². The van der Waals surface area contributed by atoms with E-state index in [-0.39, 0.29) is 23.9 Å². The maximum Gasteiger partial charge on any atom is 0.170 e. The first-order valence-corrected chi connectivity index (χ1v) is 5.29. The lowest BCUT2D eigenvalue weighted by molar-refractivity contribution is -0.119. The minimum atomic E-state index is -0.0558. The molecule has 78 valence electrons. The summed E-state index contributed by atoms with van der Waals surface area (Å²) < 4.78 is 0. The highest BCUT2D eigenvalue weighted by Gasteiger charge is 2.39. The molecule has 1 aromatic carbocycles. The molecule has 1 aromatic rings. The summed E-state index contributed by atoms with van der Waals surface area (Å²) in [5, 5.41) is 0. The number of benzene rings is 1. The Kier molecular flexibility index (Phi) is 2.67. The largest absolute Gasteiger partial charge is 0.299 e. The summed E-state index contributed by atoms with van der Waals surface area (Å²) in [5.41, 5.74) is 0.638. The zero-order chi connectivity index (χ0) is 10.8. The molecule has 1 saturated carbocycles. The van der Waals surface area contributed by atoms with Gasteiger partial charge in [0.15, 0.2) is 5.78 Å². The fourth-order valence-electron chi connectivity index (χ4n) is 1.79. The highest BCUT2D eigenvalue weighted by molar-refractivity contribution is 6.09. The van der Waals surface area contributed by atoms with E-state index in [1.165, 1.54) is 0 Å². The summed E-state index contributed by atoms with van der Waals surface area (Å²) in [6.45, 7) is 2.05. The zero-order valence-corrected chi connectivity index (χ0v) is 8.77. The van der Waals surface area contributed by atoms with Crippen LogP contribution in [0.4, 0.5) is 0 Å². The van der Waals surface area contributed by atoms with Crippen LogP contribution < -0.4 is 0 Å². The average molecular weight is 202 g/mol. The minimum absolute atomic E-state index is 0.0558. The van der Waals surface area contributed by atoms with Crippen molar-refractivity contribution < 1.29 is 9.59 Å². The highest BCUT2D eigenvalue weighted by Crippen LogP contribution is 2.39. The van der Waals surface area contributed by atoms with Crippen LogP contribution in [0.5, 0.6) is 0 Å². The Morgan fingerprint density at radius 1 is 1.27 bits per heavy atom. The number of carbonyl (C=O) groups excluding carboxylic acids is 2. The van der Waals surface area contributed by atoms with E-state index in [4.69, 9.17) is 0 Å². The van der Waals surface area contributed by atoms with Crippen LogP contribution in [0.15, 0.2) is 30.3 Å². The van der Waals surface area contributed by atoms with Crippen LogP contribution in [0.2, 0.25) is 0 Å². The molecule has 2 heteroatoms. The van der Waals surface area contributed by atoms with Gasteiger partial charge >= 0.3 is 0 Å². The van der Waals surface area contributed by atoms with Gasteiger partial charge in [0.1, 0.15) is 5.78 Å². The molecule has 0 bridgehead atoms. The number of hydrogen-bond donors (Lipinski definition) is 0. The van der Waals surface area contributed by atoms with Crippen LogP contribution in [-0.2, 0) is 4.79 Å². The molecule has 2 nitrogen and oxygen atoms in total. The van der Waals surface area contributed by atoms with Crippen molar-refractivity contribution in [3.05, 3.63) is 35.9 Å². The normalized spacial score (nSPS) is 23.5. The van der Waals surface area contributed by atoms with Gasteiger partial charge in [0, 0.05) is 11.5 Å².